The second-order valence-electron chi connectivity index (χ2n) is 5.45. The van der Waals surface area contributed by atoms with Crippen LogP contribution in [0.25, 0.3) is 0 Å². The highest BCUT2D eigenvalue weighted by Gasteiger charge is 2.14. The van der Waals surface area contributed by atoms with Crippen LogP contribution in [0.5, 0.6) is 0 Å². The zero-order valence-electron chi connectivity index (χ0n) is 13.5. The molecular weight excluding hydrogens is 371 g/mol. The summed E-state index contributed by atoms with van der Waals surface area (Å²) in [5.74, 6) is -0.615. The Morgan fingerprint density at radius 3 is 2.35 bits per heavy atom. The molecule has 3 rings (SSSR count). The lowest BCUT2D eigenvalue weighted by atomic mass is 10.0. The number of hydrogen-bond acceptors (Lipinski definition) is 2. The van der Waals surface area contributed by atoms with Crippen LogP contribution >= 0.6 is 23.8 Å². The number of nitrogens with one attached hydrogen (secondary N) is 2. The van der Waals surface area contributed by atoms with Gasteiger partial charge in [0.2, 0.25) is 0 Å². The summed E-state index contributed by atoms with van der Waals surface area (Å²) in [6, 6.07) is 20.3. The maximum Gasteiger partial charge on any atom is 0.195 e. The lowest BCUT2D eigenvalue weighted by Crippen LogP contribution is -2.20. The van der Waals surface area contributed by atoms with Crippen LogP contribution in [0.1, 0.15) is 15.9 Å². The highest BCUT2D eigenvalue weighted by Crippen LogP contribution is 2.22. The Kier molecular flexibility index (Phi) is 5.61. The third kappa shape index (κ3) is 4.25. The largest absolute Gasteiger partial charge is 0.332 e. The molecule has 6 heteroatoms. The van der Waals surface area contributed by atoms with Gasteiger partial charge in [-0.25, -0.2) is 4.39 Å². The third-order valence-electron chi connectivity index (χ3n) is 3.63. The van der Waals surface area contributed by atoms with Gasteiger partial charge >= 0.3 is 0 Å². The topological polar surface area (TPSA) is 41.1 Å². The van der Waals surface area contributed by atoms with Crippen LogP contribution < -0.4 is 10.6 Å². The van der Waals surface area contributed by atoms with E-state index in [1.165, 1.54) is 18.2 Å². The Balaban J connectivity index is 1.78. The van der Waals surface area contributed by atoms with E-state index in [-0.39, 0.29) is 15.9 Å². The first-order valence-electron chi connectivity index (χ1n) is 7.76. The fourth-order valence-electron chi connectivity index (χ4n) is 2.39. The van der Waals surface area contributed by atoms with E-state index in [0.717, 1.165) is 0 Å². The molecule has 2 N–H and O–H groups in total. The van der Waals surface area contributed by atoms with Crippen LogP contribution in [0.2, 0.25) is 5.02 Å². The summed E-state index contributed by atoms with van der Waals surface area (Å²) < 4.78 is 13.2. The quantitative estimate of drug-likeness (QED) is 0.459. The molecule has 0 aromatic heterocycles. The van der Waals surface area contributed by atoms with E-state index >= 15 is 0 Å². The number of thiocarbonyl (C=S) groups is 1. The number of rotatable bonds is 4. The fourth-order valence-corrected chi connectivity index (χ4v) is 2.80. The van der Waals surface area contributed by atoms with Crippen LogP contribution in [-0.2, 0) is 0 Å². The maximum atomic E-state index is 13.2. The molecule has 0 spiro atoms. The van der Waals surface area contributed by atoms with Gasteiger partial charge in [0.1, 0.15) is 5.82 Å². The zero-order chi connectivity index (χ0) is 18.5. The number of para-hydroxylation sites is 1. The van der Waals surface area contributed by atoms with Crippen molar-refractivity contribution in [3.05, 3.63) is 94.8 Å². The van der Waals surface area contributed by atoms with Gasteiger partial charge < -0.3 is 10.6 Å². The van der Waals surface area contributed by atoms with Gasteiger partial charge in [-0.1, -0.05) is 54.1 Å². The lowest BCUT2D eigenvalue weighted by Gasteiger charge is -2.14. The summed E-state index contributed by atoms with van der Waals surface area (Å²) in [6.45, 7) is 0. The molecule has 0 fully saturated rings. The average Bonchev–Trinajstić information content (AvgIpc) is 2.65. The van der Waals surface area contributed by atoms with E-state index in [1.807, 2.05) is 24.3 Å². The summed E-state index contributed by atoms with van der Waals surface area (Å²) >= 11 is 11.1. The van der Waals surface area contributed by atoms with E-state index < -0.39 is 5.82 Å². The van der Waals surface area contributed by atoms with Crippen molar-refractivity contribution in [2.24, 2.45) is 0 Å². The van der Waals surface area contributed by atoms with Crippen molar-refractivity contribution in [3.63, 3.8) is 0 Å². The summed E-state index contributed by atoms with van der Waals surface area (Å²) in [5, 5.41) is 6.19. The third-order valence-corrected chi connectivity index (χ3v) is 4.13. The number of halogens is 2. The van der Waals surface area contributed by atoms with Gasteiger partial charge in [0.25, 0.3) is 0 Å². The minimum Gasteiger partial charge on any atom is -0.332 e. The number of anilines is 2. The molecular formula is C20H14ClFN2OS. The molecule has 0 saturated heterocycles. The van der Waals surface area contributed by atoms with Gasteiger partial charge in [-0.05, 0) is 42.5 Å². The molecule has 3 nitrogen and oxygen atoms in total. The number of benzene rings is 3. The van der Waals surface area contributed by atoms with Crippen molar-refractivity contribution in [1.29, 1.82) is 0 Å². The molecule has 0 bridgehead atoms. The second kappa shape index (κ2) is 8.08. The Morgan fingerprint density at radius 1 is 0.923 bits per heavy atom. The predicted octanol–water partition coefficient (Wildman–Crippen LogP) is 5.52. The molecule has 0 saturated carbocycles. The Hall–Kier alpha value is -2.76. The first-order chi connectivity index (χ1) is 12.5. The van der Waals surface area contributed by atoms with Crippen LogP contribution in [0.4, 0.5) is 15.8 Å². The van der Waals surface area contributed by atoms with Crippen molar-refractivity contribution in [3.8, 4) is 0 Å². The first-order valence-corrected chi connectivity index (χ1v) is 8.55. The first kappa shape index (κ1) is 18.0. The molecule has 0 amide bonds. The monoisotopic (exact) mass is 384 g/mol. The van der Waals surface area contributed by atoms with Crippen LogP contribution in [-0.4, -0.2) is 10.9 Å². The summed E-state index contributed by atoms with van der Waals surface area (Å²) in [7, 11) is 0. The second-order valence-corrected chi connectivity index (χ2v) is 6.26. The van der Waals surface area contributed by atoms with Crippen molar-refractivity contribution >= 4 is 46.1 Å². The van der Waals surface area contributed by atoms with E-state index in [1.54, 1.807) is 30.3 Å². The summed E-state index contributed by atoms with van der Waals surface area (Å²) in [6.07, 6.45) is 0. The predicted molar refractivity (Wildman–Crippen MR) is 108 cm³/mol. The van der Waals surface area contributed by atoms with Crippen molar-refractivity contribution in [2.75, 3.05) is 10.6 Å². The van der Waals surface area contributed by atoms with E-state index in [4.69, 9.17) is 23.8 Å². The van der Waals surface area contributed by atoms with Crippen LogP contribution in [0.3, 0.4) is 0 Å². The van der Waals surface area contributed by atoms with E-state index in [2.05, 4.69) is 10.6 Å². The smallest absolute Gasteiger partial charge is 0.195 e. The Bertz CT molecular complexity index is 963. The molecule has 0 radical (unpaired) electrons. The molecule has 26 heavy (non-hydrogen) atoms. The Morgan fingerprint density at radius 2 is 1.62 bits per heavy atom. The highest BCUT2D eigenvalue weighted by molar-refractivity contribution is 7.80. The molecule has 0 heterocycles. The maximum absolute atomic E-state index is 13.2. The van der Waals surface area contributed by atoms with Crippen molar-refractivity contribution in [2.45, 2.75) is 0 Å². The van der Waals surface area contributed by atoms with Gasteiger partial charge in [-0.2, -0.15) is 0 Å². The van der Waals surface area contributed by atoms with Crippen molar-refractivity contribution in [1.82, 2.24) is 0 Å². The van der Waals surface area contributed by atoms with Gasteiger partial charge in [-0.3, -0.25) is 4.79 Å². The minimum atomic E-state index is -0.505. The summed E-state index contributed by atoms with van der Waals surface area (Å²) in [4.78, 5) is 12.7. The molecule has 3 aromatic carbocycles. The molecule has 3 aromatic rings. The molecule has 0 unspecified atom stereocenters. The standard InChI is InChI=1S/C20H14ClFN2OS/c21-16-12-14(10-11-17(16)22)23-20(26)24-18-9-5-4-8-15(18)19(25)13-6-2-1-3-7-13/h1-12H,(H2,23,24,26). The molecule has 0 aliphatic rings. The highest BCUT2D eigenvalue weighted by atomic mass is 35.5. The van der Waals surface area contributed by atoms with Gasteiger partial charge in [-0.15, -0.1) is 0 Å². The number of hydrogen-bond donors (Lipinski definition) is 2. The minimum absolute atomic E-state index is 0.00236. The number of ketones is 1. The zero-order valence-corrected chi connectivity index (χ0v) is 15.1. The van der Waals surface area contributed by atoms with E-state index in [9.17, 15) is 9.18 Å². The number of carbonyl (C=O) groups is 1. The van der Waals surface area contributed by atoms with Gasteiger partial charge in [0.15, 0.2) is 10.9 Å². The number of carbonyl (C=O) groups excluding carboxylic acids is 1. The molecule has 0 aliphatic heterocycles. The molecule has 0 atom stereocenters. The van der Waals surface area contributed by atoms with E-state index in [0.29, 0.717) is 22.5 Å². The average molecular weight is 385 g/mol. The Labute approximate surface area is 160 Å². The van der Waals surface area contributed by atoms with Gasteiger partial charge in [0, 0.05) is 16.8 Å². The molecule has 0 aliphatic carbocycles. The van der Waals surface area contributed by atoms with Crippen LogP contribution in [0, 0.1) is 5.82 Å². The fraction of sp³-hybridized carbons (Fsp3) is 0. The lowest BCUT2D eigenvalue weighted by molar-refractivity contribution is 0.103. The van der Waals surface area contributed by atoms with Crippen LogP contribution in [0.15, 0.2) is 72.8 Å². The molecule has 130 valence electrons. The normalized spacial score (nSPS) is 10.2. The van der Waals surface area contributed by atoms with Gasteiger partial charge in [0.05, 0.1) is 10.7 Å². The summed E-state index contributed by atoms with van der Waals surface area (Å²) in [5.41, 5.74) is 2.21. The SMILES string of the molecule is O=C(c1ccccc1)c1ccccc1NC(=S)Nc1ccc(F)c(Cl)c1. The van der Waals surface area contributed by atoms with Crippen molar-refractivity contribution < 1.29 is 9.18 Å².